The minimum Gasteiger partial charge on any atom is -0.486 e. The van der Waals surface area contributed by atoms with Gasteiger partial charge < -0.3 is 4.74 Å². The highest BCUT2D eigenvalue weighted by atomic mass is 127. The molecule has 1 aromatic carbocycles. The molecule has 0 radical (unpaired) electrons. The molecule has 0 saturated heterocycles. The number of ether oxygens (including phenoxy) is 1. The van der Waals surface area contributed by atoms with Gasteiger partial charge in [-0.1, -0.05) is 12.1 Å². The van der Waals surface area contributed by atoms with Gasteiger partial charge in [-0.15, -0.1) is 0 Å². The van der Waals surface area contributed by atoms with Crippen LogP contribution in [0.25, 0.3) is 0 Å². The van der Waals surface area contributed by atoms with E-state index in [1.54, 1.807) is 10.9 Å². The van der Waals surface area contributed by atoms with Crippen LogP contribution < -0.4 is 4.74 Å². The van der Waals surface area contributed by atoms with Crippen molar-refractivity contribution in [3.63, 3.8) is 0 Å². The lowest BCUT2D eigenvalue weighted by molar-refractivity contribution is 0.306. The number of aromatic nitrogens is 2. The molecule has 0 amide bonds. The Morgan fingerprint density at radius 1 is 1.33 bits per heavy atom. The van der Waals surface area contributed by atoms with Crippen LogP contribution in [0.5, 0.6) is 5.75 Å². The summed E-state index contributed by atoms with van der Waals surface area (Å²) in [4.78, 5) is 0. The summed E-state index contributed by atoms with van der Waals surface area (Å²) in [6.07, 6.45) is 3.57. The zero-order chi connectivity index (χ0) is 10.7. The fourth-order valence-corrected chi connectivity index (χ4v) is 1.58. The second kappa shape index (κ2) is 4.65. The van der Waals surface area contributed by atoms with Crippen LogP contribution in [0.15, 0.2) is 36.7 Å². The predicted octanol–water partition coefficient (Wildman–Crippen LogP) is 2.60. The predicted molar refractivity (Wildman–Crippen MR) is 66.7 cm³/mol. The van der Waals surface area contributed by atoms with Gasteiger partial charge in [-0.25, -0.2) is 0 Å². The SMILES string of the molecule is Cn1cc(OCc2ccc(I)cc2)cn1. The highest BCUT2D eigenvalue weighted by Crippen LogP contribution is 2.12. The third kappa shape index (κ3) is 2.95. The molecular weight excluding hydrogens is 303 g/mol. The lowest BCUT2D eigenvalue weighted by Gasteiger charge is -2.03. The molecule has 0 aliphatic rings. The molecule has 15 heavy (non-hydrogen) atoms. The van der Waals surface area contributed by atoms with Gasteiger partial charge in [0.15, 0.2) is 5.75 Å². The molecule has 1 heterocycles. The van der Waals surface area contributed by atoms with Crippen molar-refractivity contribution in [2.45, 2.75) is 6.61 Å². The Morgan fingerprint density at radius 3 is 2.67 bits per heavy atom. The van der Waals surface area contributed by atoms with Crippen molar-refractivity contribution in [1.82, 2.24) is 9.78 Å². The summed E-state index contributed by atoms with van der Waals surface area (Å²) in [6, 6.07) is 8.28. The van der Waals surface area contributed by atoms with Crippen molar-refractivity contribution in [2.24, 2.45) is 7.05 Å². The normalized spacial score (nSPS) is 10.3. The van der Waals surface area contributed by atoms with Gasteiger partial charge in [-0.2, -0.15) is 5.10 Å². The molecule has 0 N–H and O–H groups in total. The molecule has 2 rings (SSSR count). The first kappa shape index (κ1) is 10.5. The first-order valence-electron chi connectivity index (χ1n) is 4.60. The van der Waals surface area contributed by atoms with Gasteiger partial charge in [0.25, 0.3) is 0 Å². The van der Waals surface area contributed by atoms with Crippen molar-refractivity contribution >= 4 is 22.6 Å². The van der Waals surface area contributed by atoms with Crippen molar-refractivity contribution in [2.75, 3.05) is 0 Å². The largest absolute Gasteiger partial charge is 0.486 e. The number of halogens is 1. The fourth-order valence-electron chi connectivity index (χ4n) is 1.22. The Kier molecular flexibility index (Phi) is 3.25. The smallest absolute Gasteiger partial charge is 0.157 e. The molecule has 1 aromatic heterocycles. The summed E-state index contributed by atoms with van der Waals surface area (Å²) < 4.78 is 8.53. The van der Waals surface area contributed by atoms with Gasteiger partial charge in [0, 0.05) is 10.6 Å². The second-order valence-electron chi connectivity index (χ2n) is 3.26. The summed E-state index contributed by atoms with van der Waals surface area (Å²) in [6.45, 7) is 0.586. The van der Waals surface area contributed by atoms with Crippen LogP contribution in [0.2, 0.25) is 0 Å². The first-order valence-corrected chi connectivity index (χ1v) is 5.68. The van der Waals surface area contributed by atoms with E-state index in [1.807, 2.05) is 13.2 Å². The van der Waals surface area contributed by atoms with E-state index in [9.17, 15) is 0 Å². The van der Waals surface area contributed by atoms with Crippen LogP contribution in [0.4, 0.5) is 0 Å². The Balaban J connectivity index is 1.96. The van der Waals surface area contributed by atoms with E-state index in [1.165, 1.54) is 9.13 Å². The quantitative estimate of drug-likeness (QED) is 0.814. The summed E-state index contributed by atoms with van der Waals surface area (Å²) in [5.41, 5.74) is 1.17. The van der Waals surface area contributed by atoms with E-state index in [4.69, 9.17) is 4.74 Å². The monoisotopic (exact) mass is 314 g/mol. The average Bonchev–Trinajstić information content (AvgIpc) is 2.64. The zero-order valence-electron chi connectivity index (χ0n) is 8.35. The van der Waals surface area contributed by atoms with Crippen molar-refractivity contribution in [3.05, 3.63) is 45.8 Å². The van der Waals surface area contributed by atoms with Crippen LogP contribution in [-0.2, 0) is 13.7 Å². The van der Waals surface area contributed by atoms with Gasteiger partial charge >= 0.3 is 0 Å². The van der Waals surface area contributed by atoms with E-state index in [0.29, 0.717) is 6.61 Å². The number of hydrogen-bond acceptors (Lipinski definition) is 2. The van der Waals surface area contributed by atoms with E-state index < -0.39 is 0 Å². The van der Waals surface area contributed by atoms with Crippen molar-refractivity contribution < 1.29 is 4.74 Å². The first-order chi connectivity index (χ1) is 7.24. The summed E-state index contributed by atoms with van der Waals surface area (Å²) in [7, 11) is 1.87. The molecule has 0 aliphatic heterocycles. The lowest BCUT2D eigenvalue weighted by atomic mass is 10.2. The van der Waals surface area contributed by atoms with Gasteiger partial charge in [-0.3, -0.25) is 4.68 Å². The maximum absolute atomic E-state index is 5.57. The number of benzene rings is 1. The highest BCUT2D eigenvalue weighted by Gasteiger charge is 1.97. The molecule has 0 bridgehead atoms. The topological polar surface area (TPSA) is 27.1 Å². The molecule has 3 nitrogen and oxygen atoms in total. The van der Waals surface area contributed by atoms with Crippen molar-refractivity contribution in [1.29, 1.82) is 0 Å². The molecule has 0 fully saturated rings. The maximum atomic E-state index is 5.57. The fraction of sp³-hybridized carbons (Fsp3) is 0.182. The third-order valence-electron chi connectivity index (χ3n) is 2.00. The standard InChI is InChI=1S/C11H11IN2O/c1-14-7-11(6-13-14)15-8-9-2-4-10(12)5-3-9/h2-7H,8H2,1H3. The van der Waals surface area contributed by atoms with E-state index in [-0.39, 0.29) is 0 Å². The average molecular weight is 314 g/mol. The minimum atomic E-state index is 0.586. The Morgan fingerprint density at radius 2 is 2.07 bits per heavy atom. The van der Waals surface area contributed by atoms with Crippen molar-refractivity contribution in [3.8, 4) is 5.75 Å². The molecule has 0 saturated carbocycles. The second-order valence-corrected chi connectivity index (χ2v) is 4.51. The Labute approximate surface area is 102 Å². The van der Waals surface area contributed by atoms with Gasteiger partial charge in [0.05, 0.1) is 12.4 Å². The molecule has 0 aliphatic carbocycles. The maximum Gasteiger partial charge on any atom is 0.157 e. The van der Waals surface area contributed by atoms with Gasteiger partial charge in [0.2, 0.25) is 0 Å². The molecule has 78 valence electrons. The Hall–Kier alpha value is -1.04. The number of rotatable bonds is 3. The van der Waals surface area contributed by atoms with E-state index >= 15 is 0 Å². The van der Waals surface area contributed by atoms with Crippen LogP contribution in [0.1, 0.15) is 5.56 Å². The van der Waals surface area contributed by atoms with E-state index in [0.717, 1.165) is 5.75 Å². The number of nitrogens with zero attached hydrogens (tertiary/aromatic N) is 2. The zero-order valence-corrected chi connectivity index (χ0v) is 10.5. The summed E-state index contributed by atoms with van der Waals surface area (Å²) in [5, 5.41) is 4.03. The van der Waals surface area contributed by atoms with Crippen LogP contribution in [0.3, 0.4) is 0 Å². The third-order valence-corrected chi connectivity index (χ3v) is 2.72. The lowest BCUT2D eigenvalue weighted by Crippen LogP contribution is -1.94. The number of aryl methyl sites for hydroxylation is 1. The highest BCUT2D eigenvalue weighted by molar-refractivity contribution is 14.1. The summed E-state index contributed by atoms with van der Waals surface area (Å²) >= 11 is 2.29. The summed E-state index contributed by atoms with van der Waals surface area (Å²) in [5.74, 6) is 0.802. The van der Waals surface area contributed by atoms with Crippen LogP contribution >= 0.6 is 22.6 Å². The van der Waals surface area contributed by atoms with Crippen LogP contribution in [-0.4, -0.2) is 9.78 Å². The van der Waals surface area contributed by atoms with Crippen LogP contribution in [0, 0.1) is 3.57 Å². The van der Waals surface area contributed by atoms with E-state index in [2.05, 4.69) is 52.0 Å². The molecule has 0 spiro atoms. The van der Waals surface area contributed by atoms with Gasteiger partial charge in [-0.05, 0) is 40.3 Å². The molecule has 2 aromatic rings. The molecule has 4 heteroatoms. The van der Waals surface area contributed by atoms with Gasteiger partial charge in [0.1, 0.15) is 6.61 Å². The molecule has 0 unspecified atom stereocenters. The number of hydrogen-bond donors (Lipinski definition) is 0. The molecular formula is C11H11IN2O. The minimum absolute atomic E-state index is 0.586. The molecule has 0 atom stereocenters. The Bertz CT molecular complexity index is 436.